The fourth-order valence-corrected chi connectivity index (χ4v) is 2.85. The van der Waals surface area contributed by atoms with Crippen molar-refractivity contribution in [1.82, 2.24) is 9.80 Å². The third-order valence-corrected chi connectivity index (χ3v) is 4.24. The van der Waals surface area contributed by atoms with Crippen LogP contribution in [-0.2, 0) is 9.59 Å². The molecule has 2 rings (SSSR count). The zero-order valence-electron chi connectivity index (χ0n) is 15.8. The van der Waals surface area contributed by atoms with Gasteiger partial charge in [-0.05, 0) is 25.0 Å². The van der Waals surface area contributed by atoms with Crippen molar-refractivity contribution in [3.63, 3.8) is 0 Å². The summed E-state index contributed by atoms with van der Waals surface area (Å²) in [4.78, 5) is 39.1. The summed E-state index contributed by atoms with van der Waals surface area (Å²) in [5, 5.41) is 0. The van der Waals surface area contributed by atoms with Crippen molar-refractivity contribution in [3.8, 4) is 17.2 Å². The summed E-state index contributed by atoms with van der Waals surface area (Å²) in [5.41, 5.74) is 5.37. The Morgan fingerprint density at radius 2 is 1.67 bits per heavy atom. The zero-order chi connectivity index (χ0) is 20.0. The van der Waals surface area contributed by atoms with E-state index >= 15 is 0 Å². The molecule has 1 heterocycles. The maximum Gasteiger partial charge on any atom is 0.255 e. The molecule has 1 aromatic carbocycles. The number of amides is 3. The van der Waals surface area contributed by atoms with E-state index < -0.39 is 5.91 Å². The van der Waals surface area contributed by atoms with Crippen molar-refractivity contribution in [2.75, 3.05) is 47.5 Å². The normalized spacial score (nSPS) is 13.2. The van der Waals surface area contributed by atoms with E-state index in [2.05, 4.69) is 0 Å². The van der Waals surface area contributed by atoms with Crippen LogP contribution in [0, 0.1) is 0 Å². The summed E-state index contributed by atoms with van der Waals surface area (Å²) in [5.74, 6) is -0.480. The van der Waals surface area contributed by atoms with E-state index in [0.29, 0.717) is 0 Å². The Labute approximate surface area is 157 Å². The van der Waals surface area contributed by atoms with Gasteiger partial charge >= 0.3 is 0 Å². The lowest BCUT2D eigenvalue weighted by molar-refractivity contribution is -0.130. The number of likely N-dealkylation sites (tertiary alicyclic amines) is 1. The highest BCUT2D eigenvalue weighted by atomic mass is 16.5. The van der Waals surface area contributed by atoms with E-state index in [1.54, 1.807) is 11.9 Å². The summed E-state index contributed by atoms with van der Waals surface area (Å²) in [7, 11) is 4.37. The molecule has 1 fully saturated rings. The van der Waals surface area contributed by atoms with Gasteiger partial charge in [0.1, 0.15) is 0 Å². The molecule has 0 aromatic heterocycles. The number of ether oxygens (including phenoxy) is 3. The average Bonchev–Trinajstić information content (AvgIpc) is 3.19. The van der Waals surface area contributed by atoms with Crippen LogP contribution in [0.2, 0.25) is 0 Å². The van der Waals surface area contributed by atoms with Gasteiger partial charge < -0.3 is 29.7 Å². The molecule has 27 heavy (non-hydrogen) atoms. The SMILES string of the molecule is COc1cc(C(=O)N(C)CC(=O)N2CCCC2)cc(OC)c1OCC(N)=O. The van der Waals surface area contributed by atoms with Crippen LogP contribution in [0.5, 0.6) is 17.2 Å². The molecule has 2 N–H and O–H groups in total. The molecule has 1 saturated heterocycles. The zero-order valence-corrected chi connectivity index (χ0v) is 15.8. The molecule has 1 aliphatic heterocycles. The summed E-state index contributed by atoms with van der Waals surface area (Å²) in [6.07, 6.45) is 1.98. The molecule has 0 bridgehead atoms. The summed E-state index contributed by atoms with van der Waals surface area (Å²) in [6.45, 7) is 1.09. The van der Waals surface area contributed by atoms with Crippen LogP contribution >= 0.6 is 0 Å². The van der Waals surface area contributed by atoms with E-state index in [1.165, 1.54) is 31.3 Å². The molecule has 148 valence electrons. The number of nitrogens with two attached hydrogens (primary N) is 1. The average molecular weight is 379 g/mol. The number of primary amides is 1. The second kappa shape index (κ2) is 9.11. The van der Waals surface area contributed by atoms with Gasteiger partial charge in [-0.15, -0.1) is 0 Å². The minimum absolute atomic E-state index is 0.0105. The molecule has 0 saturated carbocycles. The lowest BCUT2D eigenvalue weighted by atomic mass is 10.1. The number of benzene rings is 1. The van der Waals surface area contributed by atoms with Crippen LogP contribution in [0.3, 0.4) is 0 Å². The van der Waals surface area contributed by atoms with Crippen LogP contribution in [0.1, 0.15) is 23.2 Å². The second-order valence-electron chi connectivity index (χ2n) is 6.21. The standard InChI is InChI=1S/C18H25N3O6/c1-20(10-16(23)21-6-4-5-7-21)18(24)12-8-13(25-2)17(14(9-12)26-3)27-11-15(19)22/h8-9H,4-7,10-11H2,1-3H3,(H2,19,22). The number of rotatable bonds is 8. The molecular formula is C18H25N3O6. The number of carbonyl (C=O) groups excluding carboxylic acids is 3. The van der Waals surface area contributed by atoms with Crippen molar-refractivity contribution in [2.45, 2.75) is 12.8 Å². The van der Waals surface area contributed by atoms with Gasteiger partial charge in [0.05, 0.1) is 20.8 Å². The van der Waals surface area contributed by atoms with E-state index in [9.17, 15) is 14.4 Å². The quantitative estimate of drug-likeness (QED) is 0.694. The molecule has 3 amide bonds. The van der Waals surface area contributed by atoms with Crippen LogP contribution in [0.25, 0.3) is 0 Å². The molecule has 0 atom stereocenters. The number of likely N-dealkylation sites (N-methyl/N-ethyl adjacent to an activating group) is 1. The lowest BCUT2D eigenvalue weighted by Gasteiger charge is -2.22. The minimum atomic E-state index is -0.653. The minimum Gasteiger partial charge on any atom is -0.493 e. The smallest absolute Gasteiger partial charge is 0.255 e. The number of nitrogens with zero attached hydrogens (tertiary/aromatic N) is 2. The Morgan fingerprint density at radius 3 is 2.15 bits per heavy atom. The van der Waals surface area contributed by atoms with Gasteiger partial charge in [-0.3, -0.25) is 14.4 Å². The molecule has 0 aliphatic carbocycles. The van der Waals surface area contributed by atoms with Crippen molar-refractivity contribution < 1.29 is 28.6 Å². The predicted molar refractivity (Wildman–Crippen MR) is 97.0 cm³/mol. The first-order chi connectivity index (χ1) is 12.9. The van der Waals surface area contributed by atoms with Gasteiger partial charge in [-0.2, -0.15) is 0 Å². The maximum atomic E-state index is 12.7. The van der Waals surface area contributed by atoms with Crippen molar-refractivity contribution >= 4 is 17.7 Å². The summed E-state index contributed by atoms with van der Waals surface area (Å²) in [6, 6.07) is 2.94. The number of carbonyl (C=O) groups is 3. The van der Waals surface area contributed by atoms with Gasteiger partial charge in [0.15, 0.2) is 18.1 Å². The van der Waals surface area contributed by atoms with Crippen LogP contribution < -0.4 is 19.9 Å². The van der Waals surface area contributed by atoms with Crippen molar-refractivity contribution in [3.05, 3.63) is 17.7 Å². The van der Waals surface area contributed by atoms with Gasteiger partial charge in [0.2, 0.25) is 11.7 Å². The number of hydrogen-bond donors (Lipinski definition) is 1. The van der Waals surface area contributed by atoms with Gasteiger partial charge in [0, 0.05) is 25.7 Å². The molecule has 1 aliphatic rings. The Bertz CT molecular complexity index is 690. The fourth-order valence-electron chi connectivity index (χ4n) is 2.85. The largest absolute Gasteiger partial charge is 0.493 e. The van der Waals surface area contributed by atoms with E-state index in [4.69, 9.17) is 19.9 Å². The molecule has 9 heteroatoms. The Morgan fingerprint density at radius 1 is 1.11 bits per heavy atom. The highest BCUT2D eigenvalue weighted by Gasteiger charge is 2.24. The lowest BCUT2D eigenvalue weighted by Crippen LogP contribution is -2.39. The molecule has 9 nitrogen and oxygen atoms in total. The summed E-state index contributed by atoms with van der Waals surface area (Å²) < 4.78 is 15.8. The number of methoxy groups -OCH3 is 2. The maximum absolute atomic E-state index is 12.7. The van der Waals surface area contributed by atoms with Gasteiger partial charge in [0.25, 0.3) is 11.8 Å². The fraction of sp³-hybridized carbons (Fsp3) is 0.500. The Hall–Kier alpha value is -2.97. The Balaban J connectivity index is 2.19. The predicted octanol–water partition coefficient (Wildman–Crippen LogP) is 0.262. The van der Waals surface area contributed by atoms with E-state index in [0.717, 1.165) is 25.9 Å². The van der Waals surface area contributed by atoms with E-state index in [1.807, 2.05) is 0 Å². The molecule has 0 radical (unpaired) electrons. The molecule has 1 aromatic rings. The van der Waals surface area contributed by atoms with Gasteiger partial charge in [-0.25, -0.2) is 0 Å². The first kappa shape index (κ1) is 20.3. The molecule has 0 spiro atoms. The summed E-state index contributed by atoms with van der Waals surface area (Å²) >= 11 is 0. The number of hydrogen-bond acceptors (Lipinski definition) is 6. The van der Waals surface area contributed by atoms with E-state index in [-0.39, 0.29) is 47.8 Å². The van der Waals surface area contributed by atoms with Crippen LogP contribution in [-0.4, -0.2) is 75.0 Å². The van der Waals surface area contributed by atoms with Crippen LogP contribution in [0.15, 0.2) is 12.1 Å². The Kier molecular flexibility index (Phi) is 6.86. The molecular weight excluding hydrogens is 354 g/mol. The molecule has 0 unspecified atom stereocenters. The second-order valence-corrected chi connectivity index (χ2v) is 6.21. The van der Waals surface area contributed by atoms with Crippen molar-refractivity contribution in [1.29, 1.82) is 0 Å². The third kappa shape index (κ3) is 5.02. The first-order valence-corrected chi connectivity index (χ1v) is 8.57. The van der Waals surface area contributed by atoms with Gasteiger partial charge in [-0.1, -0.05) is 0 Å². The van der Waals surface area contributed by atoms with Crippen molar-refractivity contribution in [2.24, 2.45) is 5.73 Å². The highest BCUT2D eigenvalue weighted by Crippen LogP contribution is 2.38. The third-order valence-electron chi connectivity index (χ3n) is 4.24. The topological polar surface area (TPSA) is 111 Å². The van der Waals surface area contributed by atoms with Crippen LogP contribution in [0.4, 0.5) is 0 Å². The monoisotopic (exact) mass is 379 g/mol. The highest BCUT2D eigenvalue weighted by molar-refractivity contribution is 5.97. The first-order valence-electron chi connectivity index (χ1n) is 8.57.